The van der Waals surface area contributed by atoms with Crippen molar-refractivity contribution in [3.63, 3.8) is 0 Å². The van der Waals surface area contributed by atoms with Gasteiger partial charge in [0.2, 0.25) is 5.88 Å². The Morgan fingerprint density at radius 2 is 1.83 bits per heavy atom. The van der Waals surface area contributed by atoms with Crippen LogP contribution in [0.3, 0.4) is 0 Å². The zero-order valence-electron chi connectivity index (χ0n) is 15.6. The summed E-state index contributed by atoms with van der Waals surface area (Å²) in [5.41, 5.74) is 1.85. The molecule has 0 saturated heterocycles. The van der Waals surface area contributed by atoms with Crippen molar-refractivity contribution in [3.8, 4) is 5.88 Å². The Bertz CT molecular complexity index is 1140. The highest BCUT2D eigenvalue weighted by atomic mass is 32.2. The molecule has 0 amide bonds. The fourth-order valence-corrected chi connectivity index (χ4v) is 3.67. The lowest BCUT2D eigenvalue weighted by molar-refractivity contribution is -0.200. The lowest BCUT2D eigenvalue weighted by atomic mass is 10.2. The summed E-state index contributed by atoms with van der Waals surface area (Å²) in [5, 5.41) is 12.9. The maximum atomic E-state index is 12.4. The molecule has 160 valence electrons. The van der Waals surface area contributed by atoms with Crippen LogP contribution in [-0.4, -0.2) is 45.2 Å². The summed E-state index contributed by atoms with van der Waals surface area (Å²) >= 11 is 0. The van der Waals surface area contributed by atoms with Crippen LogP contribution in [0.1, 0.15) is 0 Å². The van der Waals surface area contributed by atoms with Gasteiger partial charge in [-0.1, -0.05) is 0 Å². The number of methoxy groups -OCH3 is 1. The van der Waals surface area contributed by atoms with Crippen LogP contribution >= 0.6 is 0 Å². The summed E-state index contributed by atoms with van der Waals surface area (Å²) in [7, 11) is -2.23. The molecule has 0 spiro atoms. The van der Waals surface area contributed by atoms with Crippen LogP contribution < -0.4 is 14.8 Å². The minimum absolute atomic E-state index is 0.0205. The standard InChI is InChI=1S/C18H18F3N5O3S/c1-29-17-16-13(6-8-24-17)14(7-9-23-16)26-11-2-4-12(5-3-11)30(22,28)25-10-15(27)18(19,20)21/h2-9,15,27H,10H2,1H3,(H,23,26)(H2,22,25,28)/t15-,30?/m0/s1. The maximum absolute atomic E-state index is 12.4. The summed E-state index contributed by atoms with van der Waals surface area (Å²) in [6.45, 7) is -1.05. The van der Waals surface area contributed by atoms with E-state index in [1.807, 2.05) is 4.72 Å². The van der Waals surface area contributed by atoms with Crippen LogP contribution in [0, 0.1) is 4.78 Å². The number of fused-ring (bicyclic) bond motifs is 1. The molecule has 3 aromatic rings. The molecule has 1 aromatic carbocycles. The van der Waals surface area contributed by atoms with Crippen LogP contribution in [0.2, 0.25) is 0 Å². The second-order valence-electron chi connectivity index (χ2n) is 6.19. The molecule has 8 nitrogen and oxygen atoms in total. The van der Waals surface area contributed by atoms with E-state index in [0.717, 1.165) is 5.39 Å². The van der Waals surface area contributed by atoms with Crippen LogP contribution in [0.4, 0.5) is 24.5 Å². The van der Waals surface area contributed by atoms with Crippen LogP contribution in [-0.2, 0) is 9.92 Å². The summed E-state index contributed by atoms with van der Waals surface area (Å²) in [4.78, 5) is 8.33. The summed E-state index contributed by atoms with van der Waals surface area (Å²) in [5.74, 6) is 0.368. The third-order valence-corrected chi connectivity index (χ3v) is 5.65. The van der Waals surface area contributed by atoms with E-state index in [9.17, 15) is 17.4 Å². The first kappa shape index (κ1) is 21.7. The molecule has 30 heavy (non-hydrogen) atoms. The normalized spacial score (nSPS) is 14.8. The van der Waals surface area contributed by atoms with Crippen LogP contribution in [0.25, 0.3) is 10.9 Å². The van der Waals surface area contributed by atoms with Gasteiger partial charge in [-0.3, -0.25) is 4.98 Å². The number of rotatable bonds is 7. The van der Waals surface area contributed by atoms with Crippen molar-refractivity contribution in [2.24, 2.45) is 0 Å². The van der Waals surface area contributed by atoms with Crippen molar-refractivity contribution in [1.82, 2.24) is 14.7 Å². The number of anilines is 2. The molecule has 0 aliphatic carbocycles. The van der Waals surface area contributed by atoms with Crippen molar-refractivity contribution in [2.75, 3.05) is 19.0 Å². The van der Waals surface area contributed by atoms with Crippen molar-refractivity contribution in [2.45, 2.75) is 17.2 Å². The quantitative estimate of drug-likeness (QED) is 0.447. The molecule has 2 atom stereocenters. The molecular weight excluding hydrogens is 423 g/mol. The lowest BCUT2D eigenvalue weighted by Gasteiger charge is -2.17. The van der Waals surface area contributed by atoms with Gasteiger partial charge in [-0.25, -0.2) is 18.7 Å². The summed E-state index contributed by atoms with van der Waals surface area (Å²) in [6.07, 6.45) is -4.42. The number of aliphatic hydroxyl groups excluding tert-OH is 1. The van der Waals surface area contributed by atoms with Gasteiger partial charge in [0.05, 0.1) is 12.0 Å². The molecular formula is C18H18F3N5O3S. The Morgan fingerprint density at radius 1 is 1.17 bits per heavy atom. The van der Waals surface area contributed by atoms with E-state index in [1.54, 1.807) is 24.5 Å². The van der Waals surface area contributed by atoms with Gasteiger partial charge in [-0.05, 0) is 36.4 Å². The number of hydrogen-bond donors (Lipinski definition) is 4. The summed E-state index contributed by atoms with van der Waals surface area (Å²) in [6, 6.07) is 9.29. The second kappa shape index (κ2) is 8.42. The predicted octanol–water partition coefficient (Wildman–Crippen LogP) is 3.22. The lowest BCUT2D eigenvalue weighted by Crippen LogP contribution is -2.40. The van der Waals surface area contributed by atoms with Gasteiger partial charge in [0.1, 0.15) is 15.4 Å². The van der Waals surface area contributed by atoms with E-state index in [-0.39, 0.29) is 4.90 Å². The number of aromatic nitrogens is 2. The number of nitrogens with zero attached hydrogens (tertiary/aromatic N) is 2. The fourth-order valence-electron chi connectivity index (χ4n) is 2.59. The topological polar surface area (TPSA) is 120 Å². The Hall–Kier alpha value is -2.96. The van der Waals surface area contributed by atoms with Gasteiger partial charge < -0.3 is 15.2 Å². The number of pyridine rings is 2. The van der Waals surface area contributed by atoms with Gasteiger partial charge in [-0.15, -0.1) is 0 Å². The molecule has 0 aliphatic rings. The van der Waals surface area contributed by atoms with Crippen molar-refractivity contribution < 1.29 is 27.2 Å². The highest BCUT2D eigenvalue weighted by Gasteiger charge is 2.38. The smallest absolute Gasteiger partial charge is 0.415 e. The Balaban J connectivity index is 1.78. The molecule has 0 saturated carbocycles. The van der Waals surface area contributed by atoms with Crippen LogP contribution in [0.15, 0.2) is 53.7 Å². The summed E-state index contributed by atoms with van der Waals surface area (Å²) < 4.78 is 64.5. The van der Waals surface area contributed by atoms with E-state index in [4.69, 9.17) is 14.6 Å². The number of ether oxygens (including phenoxy) is 1. The van der Waals surface area contributed by atoms with Gasteiger partial charge in [0.15, 0.2) is 6.10 Å². The largest absolute Gasteiger partial charge is 0.479 e. The number of alkyl halides is 3. The average Bonchev–Trinajstić information content (AvgIpc) is 2.71. The maximum Gasteiger partial charge on any atom is 0.415 e. The van der Waals surface area contributed by atoms with Gasteiger partial charge >= 0.3 is 6.18 Å². The monoisotopic (exact) mass is 441 g/mol. The SMILES string of the molecule is COc1nccc2c(Nc3ccc(S(=N)(=O)NC[C@H](O)C(F)(F)F)cc3)ccnc12. The first-order valence-electron chi connectivity index (χ1n) is 8.55. The molecule has 1 unspecified atom stereocenters. The average molecular weight is 441 g/mol. The van der Waals surface area contributed by atoms with E-state index in [1.165, 1.54) is 31.4 Å². The highest BCUT2D eigenvalue weighted by Crippen LogP contribution is 2.29. The molecule has 2 aromatic heterocycles. The molecule has 12 heteroatoms. The number of aliphatic hydroxyl groups is 1. The third kappa shape index (κ3) is 4.78. The Labute approximate surface area is 170 Å². The molecule has 2 heterocycles. The number of hydrogen-bond acceptors (Lipinski definition) is 7. The number of halogens is 3. The van der Waals surface area contributed by atoms with Gasteiger partial charge in [0.25, 0.3) is 0 Å². The van der Waals surface area contributed by atoms with E-state index in [0.29, 0.717) is 22.8 Å². The predicted molar refractivity (Wildman–Crippen MR) is 105 cm³/mol. The van der Waals surface area contributed by atoms with Gasteiger partial charge in [-0.2, -0.15) is 13.2 Å². The molecule has 0 fully saturated rings. The van der Waals surface area contributed by atoms with E-state index in [2.05, 4.69) is 15.3 Å². The fraction of sp³-hybridized carbons (Fsp3) is 0.222. The molecule has 3 rings (SSSR count). The third-order valence-electron chi connectivity index (χ3n) is 4.14. The van der Waals surface area contributed by atoms with Crippen molar-refractivity contribution >= 4 is 32.2 Å². The zero-order chi connectivity index (χ0) is 21.9. The minimum Gasteiger partial charge on any atom is -0.479 e. The number of nitrogens with one attached hydrogen (secondary N) is 3. The van der Waals surface area contributed by atoms with E-state index < -0.39 is 28.7 Å². The van der Waals surface area contributed by atoms with E-state index >= 15 is 0 Å². The zero-order valence-corrected chi connectivity index (χ0v) is 16.4. The Morgan fingerprint density at radius 3 is 2.47 bits per heavy atom. The Kier molecular flexibility index (Phi) is 6.10. The number of benzene rings is 1. The van der Waals surface area contributed by atoms with Gasteiger partial charge in [0, 0.05) is 35.7 Å². The van der Waals surface area contributed by atoms with Crippen LogP contribution in [0.5, 0.6) is 5.88 Å². The first-order valence-corrected chi connectivity index (χ1v) is 10.1. The molecule has 0 bridgehead atoms. The highest BCUT2D eigenvalue weighted by molar-refractivity contribution is 7.90. The first-order chi connectivity index (χ1) is 14.1. The second-order valence-corrected chi connectivity index (χ2v) is 8.06. The minimum atomic E-state index is -4.86. The van der Waals surface area contributed by atoms with Crippen molar-refractivity contribution in [3.05, 3.63) is 48.8 Å². The molecule has 4 N–H and O–H groups in total. The van der Waals surface area contributed by atoms with Crippen molar-refractivity contribution in [1.29, 1.82) is 4.78 Å². The molecule has 0 aliphatic heterocycles. The molecule has 0 radical (unpaired) electrons.